The fraction of sp³-hybridized carbons (Fsp3) is 0.625. The maximum atomic E-state index is 13.2. The summed E-state index contributed by atoms with van der Waals surface area (Å²) in [5.74, 6) is -1.67. The number of Topliss-reactive ketones (excluding diaryl/α,β-unsaturated/α-hetero) is 1. The number of hydrogen-bond donors (Lipinski definition) is 3. The van der Waals surface area contributed by atoms with E-state index in [-0.39, 0.29) is 30.2 Å². The highest BCUT2D eigenvalue weighted by Crippen LogP contribution is 2.37. The van der Waals surface area contributed by atoms with E-state index >= 15 is 0 Å². The van der Waals surface area contributed by atoms with E-state index in [9.17, 15) is 33.2 Å². The van der Waals surface area contributed by atoms with Crippen molar-refractivity contribution < 1.29 is 33.2 Å². The zero-order valence-electron chi connectivity index (χ0n) is 18.6. The van der Waals surface area contributed by atoms with Crippen LogP contribution in [0.2, 0.25) is 0 Å². The molecule has 1 aliphatic rings. The average molecular weight is 473 g/mol. The van der Waals surface area contributed by atoms with Crippen molar-refractivity contribution in [2.45, 2.75) is 70.0 Å². The Morgan fingerprint density at radius 1 is 1.16 bits per heavy atom. The molecular formula is C24H35F2O5P. The number of halogens is 2. The Balaban J connectivity index is 1.74. The molecule has 0 bridgehead atoms. The Bertz CT molecular complexity index is 802. The number of unbranched alkanes of at least 4 members (excludes halogenated alkanes) is 1. The van der Waals surface area contributed by atoms with Gasteiger partial charge in [-0.15, -0.1) is 0 Å². The van der Waals surface area contributed by atoms with Crippen LogP contribution in [0, 0.1) is 23.5 Å². The first-order valence-electron chi connectivity index (χ1n) is 11.3. The largest absolute Gasteiger partial charge is 0.393 e. The lowest BCUT2D eigenvalue weighted by Gasteiger charge is -2.21. The highest BCUT2D eigenvalue weighted by atomic mass is 31.2. The first kappa shape index (κ1) is 26.8. The number of rotatable bonds is 13. The van der Waals surface area contributed by atoms with Gasteiger partial charge in [0.05, 0.1) is 12.2 Å². The van der Waals surface area contributed by atoms with Crippen LogP contribution in [0.15, 0.2) is 30.4 Å². The molecule has 1 fully saturated rings. The third-order valence-electron chi connectivity index (χ3n) is 6.09. The van der Waals surface area contributed by atoms with Gasteiger partial charge in [0.15, 0.2) is 7.37 Å². The Morgan fingerprint density at radius 3 is 2.50 bits per heavy atom. The summed E-state index contributed by atoms with van der Waals surface area (Å²) >= 11 is 0. The Morgan fingerprint density at radius 2 is 1.84 bits per heavy atom. The normalized spacial score (nSPS) is 24.2. The van der Waals surface area contributed by atoms with Crippen molar-refractivity contribution >= 4 is 13.2 Å². The van der Waals surface area contributed by atoms with Crippen molar-refractivity contribution in [3.05, 3.63) is 47.5 Å². The van der Waals surface area contributed by atoms with Crippen LogP contribution >= 0.6 is 7.37 Å². The molecule has 1 aromatic rings. The van der Waals surface area contributed by atoms with Gasteiger partial charge in [0, 0.05) is 31.2 Å². The van der Waals surface area contributed by atoms with Crippen LogP contribution in [0.3, 0.4) is 0 Å². The molecule has 0 aliphatic heterocycles. The molecule has 1 aromatic carbocycles. The monoisotopic (exact) mass is 472 g/mol. The van der Waals surface area contributed by atoms with Crippen molar-refractivity contribution in [2.75, 3.05) is 12.8 Å². The van der Waals surface area contributed by atoms with Crippen molar-refractivity contribution in [2.24, 2.45) is 11.8 Å². The molecule has 0 amide bonds. The van der Waals surface area contributed by atoms with Gasteiger partial charge in [0.2, 0.25) is 0 Å². The topological polar surface area (TPSA) is 94.8 Å². The number of ketones is 1. The predicted molar refractivity (Wildman–Crippen MR) is 121 cm³/mol. The lowest BCUT2D eigenvalue weighted by molar-refractivity contribution is -0.121. The first-order chi connectivity index (χ1) is 15.0. The summed E-state index contributed by atoms with van der Waals surface area (Å²) in [5, 5.41) is 20.6. The highest BCUT2D eigenvalue weighted by molar-refractivity contribution is 7.57. The van der Waals surface area contributed by atoms with Crippen LogP contribution in [0.4, 0.5) is 8.78 Å². The molecule has 0 heterocycles. The van der Waals surface area contributed by atoms with Crippen LogP contribution in [0.25, 0.3) is 0 Å². The molecule has 0 spiro atoms. The third-order valence-corrected chi connectivity index (χ3v) is 7.24. The number of aliphatic hydroxyl groups is 2. The highest BCUT2D eigenvalue weighted by Gasteiger charge is 2.40. The van der Waals surface area contributed by atoms with E-state index < -0.39 is 31.2 Å². The van der Waals surface area contributed by atoms with E-state index in [2.05, 4.69) is 0 Å². The summed E-state index contributed by atoms with van der Waals surface area (Å²) in [4.78, 5) is 21.6. The Labute approximate surface area is 189 Å². The van der Waals surface area contributed by atoms with Crippen LogP contribution in [-0.2, 0) is 15.8 Å². The minimum absolute atomic E-state index is 0.0307. The summed E-state index contributed by atoms with van der Waals surface area (Å²) < 4.78 is 37.8. The zero-order chi connectivity index (χ0) is 23.7. The van der Waals surface area contributed by atoms with E-state index in [4.69, 9.17) is 0 Å². The molecule has 5 nitrogen and oxygen atoms in total. The van der Waals surface area contributed by atoms with Gasteiger partial charge in [-0.2, -0.15) is 0 Å². The van der Waals surface area contributed by atoms with Crippen molar-refractivity contribution in [1.29, 1.82) is 0 Å². The molecule has 32 heavy (non-hydrogen) atoms. The number of allylic oxidation sites excluding steroid dienone is 2. The fourth-order valence-electron chi connectivity index (χ4n) is 4.41. The lowest BCUT2D eigenvalue weighted by atomic mass is 9.86. The molecule has 5 unspecified atom stereocenters. The molecular weight excluding hydrogens is 437 g/mol. The maximum absolute atomic E-state index is 13.2. The van der Waals surface area contributed by atoms with Gasteiger partial charge < -0.3 is 15.1 Å². The maximum Gasteiger partial charge on any atom is 0.197 e. The van der Waals surface area contributed by atoms with Crippen LogP contribution in [0.1, 0.15) is 56.9 Å². The fourth-order valence-corrected chi connectivity index (χ4v) is 5.17. The van der Waals surface area contributed by atoms with Crippen molar-refractivity contribution in [1.82, 2.24) is 0 Å². The number of aliphatic hydroxyl groups excluding tert-OH is 2. The molecule has 0 aromatic heterocycles. The summed E-state index contributed by atoms with van der Waals surface area (Å²) in [5.41, 5.74) is 0.555. The number of carbonyl (C=O) groups excluding carboxylic acids is 1. The van der Waals surface area contributed by atoms with E-state index in [1.807, 2.05) is 12.2 Å². The minimum atomic E-state index is -2.99. The molecule has 1 saturated carbocycles. The number of hydrogen-bond acceptors (Lipinski definition) is 4. The SMILES string of the molecule is CP(=O)(O)CCC/C=C/CC1C(=O)CC(O)C1CCC(O)CCCc1cc(F)cc(F)c1. The van der Waals surface area contributed by atoms with Gasteiger partial charge in [-0.25, -0.2) is 8.78 Å². The van der Waals surface area contributed by atoms with Gasteiger partial charge in [-0.3, -0.25) is 9.36 Å². The first-order valence-corrected chi connectivity index (χ1v) is 13.6. The summed E-state index contributed by atoms with van der Waals surface area (Å²) in [6.07, 6.45) is 7.22. The Hall–Kier alpha value is -1.40. The van der Waals surface area contributed by atoms with Crippen LogP contribution < -0.4 is 0 Å². The standard InChI is InChI=1S/C24H35F2O5P/c1-32(30,31)12-5-3-2-4-9-21-22(24(29)16-23(21)28)11-10-20(27)8-6-7-17-13-18(25)15-19(26)14-17/h2,4,13-15,20-22,24,27,29H,3,5-12,16H2,1H3,(H,30,31)/b4-2+. The number of carbonyl (C=O) groups is 1. The van der Waals surface area contributed by atoms with Crippen LogP contribution in [-0.4, -0.2) is 45.9 Å². The molecule has 8 heteroatoms. The third kappa shape index (κ3) is 9.62. The second-order valence-corrected chi connectivity index (χ2v) is 11.6. The zero-order valence-corrected chi connectivity index (χ0v) is 19.5. The number of benzene rings is 1. The second-order valence-electron chi connectivity index (χ2n) is 9.03. The quantitative estimate of drug-likeness (QED) is 0.221. The molecule has 5 atom stereocenters. The van der Waals surface area contributed by atoms with Gasteiger partial charge in [-0.1, -0.05) is 12.2 Å². The number of aryl methyl sites for hydroxylation is 1. The lowest BCUT2D eigenvalue weighted by Crippen LogP contribution is -2.22. The van der Waals surface area contributed by atoms with Crippen molar-refractivity contribution in [3.8, 4) is 0 Å². The van der Waals surface area contributed by atoms with E-state index in [1.165, 1.54) is 18.8 Å². The smallest absolute Gasteiger partial charge is 0.197 e. The summed E-state index contributed by atoms with van der Waals surface area (Å²) in [6.45, 7) is 1.34. The molecule has 0 radical (unpaired) electrons. The summed E-state index contributed by atoms with van der Waals surface area (Å²) in [7, 11) is -2.99. The predicted octanol–water partition coefficient (Wildman–Crippen LogP) is 4.62. The van der Waals surface area contributed by atoms with Gasteiger partial charge in [0.25, 0.3) is 0 Å². The summed E-state index contributed by atoms with van der Waals surface area (Å²) in [6, 6.07) is 3.41. The molecule has 1 aliphatic carbocycles. The molecule has 0 saturated heterocycles. The molecule has 3 N–H and O–H groups in total. The minimum Gasteiger partial charge on any atom is -0.393 e. The van der Waals surface area contributed by atoms with Gasteiger partial charge in [-0.05, 0) is 75.0 Å². The van der Waals surface area contributed by atoms with E-state index in [0.29, 0.717) is 56.9 Å². The average Bonchev–Trinajstić information content (AvgIpc) is 2.94. The van der Waals surface area contributed by atoms with Gasteiger partial charge >= 0.3 is 0 Å². The van der Waals surface area contributed by atoms with Crippen LogP contribution in [0.5, 0.6) is 0 Å². The molecule has 2 rings (SSSR count). The van der Waals surface area contributed by atoms with Gasteiger partial charge in [0.1, 0.15) is 17.4 Å². The van der Waals surface area contributed by atoms with E-state index in [0.717, 1.165) is 6.07 Å². The van der Waals surface area contributed by atoms with Crippen molar-refractivity contribution in [3.63, 3.8) is 0 Å². The Kier molecular flexibility index (Phi) is 10.7. The second kappa shape index (κ2) is 12.7. The van der Waals surface area contributed by atoms with E-state index in [1.54, 1.807) is 0 Å². The molecule has 180 valence electrons.